The van der Waals surface area contributed by atoms with Crippen LogP contribution in [0.1, 0.15) is 37.8 Å². The van der Waals surface area contributed by atoms with Crippen LogP contribution in [0.4, 0.5) is 0 Å². The lowest BCUT2D eigenvalue weighted by atomic mass is 10.0. The van der Waals surface area contributed by atoms with E-state index in [0.29, 0.717) is 5.56 Å². The van der Waals surface area contributed by atoms with Crippen molar-refractivity contribution < 1.29 is 39.3 Å². The molecule has 0 aliphatic carbocycles. The molecule has 9 N–H and O–H groups in total. The normalized spacial score (nSPS) is 14.0. The molecule has 13 heteroatoms. The maximum absolute atomic E-state index is 13.5. The fourth-order valence-electron chi connectivity index (χ4n) is 4.56. The van der Waals surface area contributed by atoms with Crippen LogP contribution in [0, 0.1) is 5.92 Å². The molecule has 4 unspecified atom stereocenters. The van der Waals surface area contributed by atoms with E-state index in [-0.39, 0.29) is 25.0 Å². The van der Waals surface area contributed by atoms with Crippen LogP contribution in [-0.4, -0.2) is 74.1 Å². The summed E-state index contributed by atoms with van der Waals surface area (Å²) < 4.78 is 0. The standard InChI is InChI=1S/C30H37N5O8/c1-16(2)26(30(42)43)35-28(40)23(11-12-25(37)38)33-29(41)24(13-17-7-9-19(36)10-8-17)34-27(39)21(31)14-18-15-32-22-6-4-3-5-20(18)22/h3-10,15-16,21,23-24,26,32,36H,11-14,31H2,1-2H3,(H,33,41)(H,34,39)(H,35,40)(H,37,38)(H,42,43). The highest BCUT2D eigenvalue weighted by Gasteiger charge is 2.32. The Morgan fingerprint density at radius 1 is 0.837 bits per heavy atom. The van der Waals surface area contributed by atoms with Crippen molar-refractivity contribution in [2.24, 2.45) is 11.7 Å². The van der Waals surface area contributed by atoms with Gasteiger partial charge in [-0.2, -0.15) is 0 Å². The minimum absolute atomic E-state index is 0.00178. The zero-order valence-electron chi connectivity index (χ0n) is 23.9. The summed E-state index contributed by atoms with van der Waals surface area (Å²) in [5.41, 5.74) is 8.48. The smallest absolute Gasteiger partial charge is 0.326 e. The minimum atomic E-state index is -1.40. The topological polar surface area (TPSA) is 224 Å². The van der Waals surface area contributed by atoms with Crippen LogP contribution < -0.4 is 21.7 Å². The molecule has 0 fully saturated rings. The van der Waals surface area contributed by atoms with Gasteiger partial charge in [0, 0.05) is 29.9 Å². The van der Waals surface area contributed by atoms with E-state index in [1.807, 2.05) is 24.3 Å². The summed E-state index contributed by atoms with van der Waals surface area (Å²) in [7, 11) is 0. The van der Waals surface area contributed by atoms with Gasteiger partial charge >= 0.3 is 11.9 Å². The Balaban J connectivity index is 1.81. The highest BCUT2D eigenvalue weighted by Crippen LogP contribution is 2.19. The number of para-hydroxylation sites is 1. The van der Waals surface area contributed by atoms with E-state index in [4.69, 9.17) is 5.73 Å². The second-order valence-corrected chi connectivity index (χ2v) is 10.7. The van der Waals surface area contributed by atoms with Crippen molar-refractivity contribution in [3.05, 3.63) is 65.9 Å². The van der Waals surface area contributed by atoms with Gasteiger partial charge in [0.25, 0.3) is 0 Å². The van der Waals surface area contributed by atoms with E-state index in [1.54, 1.807) is 32.2 Å². The van der Waals surface area contributed by atoms with Crippen molar-refractivity contribution in [2.45, 2.75) is 63.7 Å². The number of carboxylic acids is 2. The number of nitrogens with two attached hydrogens (primary N) is 1. The first-order valence-corrected chi connectivity index (χ1v) is 13.8. The molecule has 4 atom stereocenters. The molecule has 3 aromatic rings. The number of phenolic OH excluding ortho intramolecular Hbond substituents is 1. The SMILES string of the molecule is CC(C)C(NC(=O)C(CCC(=O)O)NC(=O)C(Cc1ccc(O)cc1)NC(=O)C(N)Cc1c[nH]c2ccccc12)C(=O)O. The molecule has 0 saturated carbocycles. The Bertz CT molecular complexity index is 1450. The number of aromatic hydroxyl groups is 1. The molecule has 230 valence electrons. The van der Waals surface area contributed by atoms with Crippen LogP contribution >= 0.6 is 0 Å². The van der Waals surface area contributed by atoms with E-state index < -0.39 is 66.2 Å². The highest BCUT2D eigenvalue weighted by molar-refractivity contribution is 5.94. The zero-order chi connectivity index (χ0) is 31.7. The van der Waals surface area contributed by atoms with Crippen LogP contribution in [-0.2, 0) is 36.8 Å². The lowest BCUT2D eigenvalue weighted by Gasteiger charge is -2.26. The molecule has 13 nitrogen and oxygen atoms in total. The van der Waals surface area contributed by atoms with Gasteiger partial charge in [-0.3, -0.25) is 19.2 Å². The number of phenols is 1. The number of rotatable bonds is 15. The first-order chi connectivity index (χ1) is 20.3. The van der Waals surface area contributed by atoms with E-state index >= 15 is 0 Å². The maximum atomic E-state index is 13.5. The Kier molecular flexibility index (Phi) is 11.2. The molecule has 43 heavy (non-hydrogen) atoms. The summed E-state index contributed by atoms with van der Waals surface area (Å²) in [5, 5.41) is 36.7. The summed E-state index contributed by atoms with van der Waals surface area (Å²) in [6.45, 7) is 3.18. The fourth-order valence-corrected chi connectivity index (χ4v) is 4.56. The van der Waals surface area contributed by atoms with Crippen molar-refractivity contribution >= 4 is 40.6 Å². The second-order valence-electron chi connectivity index (χ2n) is 10.7. The monoisotopic (exact) mass is 595 g/mol. The molecular weight excluding hydrogens is 558 g/mol. The third-order valence-corrected chi connectivity index (χ3v) is 6.97. The largest absolute Gasteiger partial charge is 0.508 e. The summed E-state index contributed by atoms with van der Waals surface area (Å²) in [5.74, 6) is -5.31. The predicted octanol–water partition coefficient (Wildman–Crippen LogP) is 1.05. The van der Waals surface area contributed by atoms with Gasteiger partial charge in [0.05, 0.1) is 6.04 Å². The third kappa shape index (κ3) is 9.30. The molecule has 0 radical (unpaired) electrons. The van der Waals surface area contributed by atoms with Crippen molar-refractivity contribution in [2.75, 3.05) is 0 Å². The Morgan fingerprint density at radius 2 is 1.47 bits per heavy atom. The number of benzene rings is 2. The molecule has 2 aromatic carbocycles. The number of aromatic nitrogens is 1. The number of carbonyl (C=O) groups excluding carboxylic acids is 3. The average molecular weight is 596 g/mol. The Hall–Kier alpha value is -4.91. The van der Waals surface area contributed by atoms with Crippen LogP contribution in [0.5, 0.6) is 5.75 Å². The Morgan fingerprint density at radius 3 is 2.09 bits per heavy atom. The molecule has 1 heterocycles. The van der Waals surface area contributed by atoms with E-state index in [9.17, 15) is 39.3 Å². The third-order valence-electron chi connectivity index (χ3n) is 6.97. The molecule has 0 saturated heterocycles. The number of amides is 3. The number of aromatic amines is 1. The number of carboxylic acid groups (broad SMARTS) is 2. The van der Waals surface area contributed by atoms with E-state index in [2.05, 4.69) is 20.9 Å². The maximum Gasteiger partial charge on any atom is 0.326 e. The molecule has 0 spiro atoms. The summed E-state index contributed by atoms with van der Waals surface area (Å²) >= 11 is 0. The van der Waals surface area contributed by atoms with Gasteiger partial charge < -0.3 is 42.0 Å². The van der Waals surface area contributed by atoms with Crippen molar-refractivity contribution in [3.63, 3.8) is 0 Å². The molecule has 0 bridgehead atoms. The molecule has 3 amide bonds. The van der Waals surface area contributed by atoms with Crippen molar-refractivity contribution in [1.82, 2.24) is 20.9 Å². The lowest BCUT2D eigenvalue weighted by molar-refractivity contribution is -0.144. The number of carbonyl (C=O) groups is 5. The number of aliphatic carboxylic acids is 2. The number of fused-ring (bicyclic) bond motifs is 1. The van der Waals surface area contributed by atoms with Gasteiger partial charge in [0.15, 0.2) is 0 Å². The molecule has 0 aliphatic heterocycles. The first kappa shape index (κ1) is 32.6. The van der Waals surface area contributed by atoms with E-state index in [0.717, 1.165) is 16.5 Å². The average Bonchev–Trinajstić information content (AvgIpc) is 3.36. The zero-order valence-corrected chi connectivity index (χ0v) is 23.9. The van der Waals surface area contributed by atoms with Crippen molar-refractivity contribution in [1.29, 1.82) is 0 Å². The van der Waals surface area contributed by atoms with Crippen LogP contribution in [0.2, 0.25) is 0 Å². The molecular formula is C30H37N5O8. The number of nitrogens with one attached hydrogen (secondary N) is 4. The highest BCUT2D eigenvalue weighted by atomic mass is 16.4. The summed E-state index contributed by atoms with van der Waals surface area (Å²) in [4.78, 5) is 65.7. The van der Waals surface area contributed by atoms with Crippen molar-refractivity contribution in [3.8, 4) is 5.75 Å². The molecule has 1 aromatic heterocycles. The van der Waals surface area contributed by atoms with Gasteiger partial charge in [0.1, 0.15) is 23.9 Å². The predicted molar refractivity (Wildman–Crippen MR) is 157 cm³/mol. The number of H-pyrrole nitrogens is 1. The minimum Gasteiger partial charge on any atom is -0.508 e. The number of hydrogen-bond acceptors (Lipinski definition) is 7. The summed E-state index contributed by atoms with van der Waals surface area (Å²) in [6.07, 6.45) is 1.07. The molecule has 3 rings (SSSR count). The fraction of sp³-hybridized carbons (Fsp3) is 0.367. The second kappa shape index (κ2) is 14.8. The van der Waals surface area contributed by atoms with Crippen LogP contribution in [0.15, 0.2) is 54.7 Å². The van der Waals surface area contributed by atoms with Gasteiger partial charge in [0.2, 0.25) is 17.7 Å². The van der Waals surface area contributed by atoms with Crippen LogP contribution in [0.3, 0.4) is 0 Å². The number of hydrogen-bond donors (Lipinski definition) is 8. The van der Waals surface area contributed by atoms with Gasteiger partial charge in [-0.25, -0.2) is 4.79 Å². The molecule has 0 aliphatic rings. The van der Waals surface area contributed by atoms with Gasteiger partial charge in [-0.05, 0) is 48.1 Å². The Labute approximate surface area is 247 Å². The summed E-state index contributed by atoms with van der Waals surface area (Å²) in [6, 6.07) is 8.50. The lowest BCUT2D eigenvalue weighted by Crippen LogP contribution is -2.58. The van der Waals surface area contributed by atoms with Gasteiger partial charge in [-0.1, -0.05) is 44.2 Å². The first-order valence-electron chi connectivity index (χ1n) is 13.8. The van der Waals surface area contributed by atoms with E-state index in [1.165, 1.54) is 12.1 Å². The quantitative estimate of drug-likeness (QED) is 0.125. The van der Waals surface area contributed by atoms with Crippen LogP contribution in [0.25, 0.3) is 10.9 Å². The van der Waals surface area contributed by atoms with Gasteiger partial charge in [-0.15, -0.1) is 0 Å².